The zero-order chi connectivity index (χ0) is 11.3. The van der Waals surface area contributed by atoms with Crippen LogP contribution in [0.15, 0.2) is 12.1 Å². The van der Waals surface area contributed by atoms with Crippen molar-refractivity contribution in [2.45, 2.75) is 50.5 Å². The van der Waals surface area contributed by atoms with Gasteiger partial charge in [-0.1, -0.05) is 6.42 Å². The van der Waals surface area contributed by atoms with Gasteiger partial charge in [0.1, 0.15) is 5.82 Å². The van der Waals surface area contributed by atoms with Crippen molar-refractivity contribution < 1.29 is 4.39 Å². The second-order valence-corrected chi connectivity index (χ2v) is 5.46. The molecule has 0 saturated heterocycles. The maximum absolute atomic E-state index is 13.5. The number of rotatable bonds is 0. The molecule has 0 aromatic heterocycles. The Bertz CT molecular complexity index is 435. The third-order valence-electron chi connectivity index (χ3n) is 4.54. The summed E-state index contributed by atoms with van der Waals surface area (Å²) < 4.78 is 13.5. The minimum Gasteiger partial charge on any atom is -0.324 e. The highest BCUT2D eigenvalue weighted by atomic mass is 19.1. The van der Waals surface area contributed by atoms with E-state index in [1.807, 2.05) is 6.92 Å². The average molecular weight is 219 g/mol. The molecule has 1 aromatic carbocycles. The molecule has 0 aliphatic heterocycles. The Morgan fingerprint density at radius 1 is 1.31 bits per heavy atom. The molecule has 86 valence electrons. The van der Waals surface area contributed by atoms with Gasteiger partial charge in [0.15, 0.2) is 0 Å². The summed E-state index contributed by atoms with van der Waals surface area (Å²) in [5.41, 5.74) is 9.93. The van der Waals surface area contributed by atoms with E-state index >= 15 is 0 Å². The second-order valence-electron chi connectivity index (χ2n) is 5.46. The first-order valence-corrected chi connectivity index (χ1v) is 6.18. The molecule has 16 heavy (non-hydrogen) atoms. The van der Waals surface area contributed by atoms with Crippen LogP contribution in [-0.2, 0) is 5.41 Å². The maximum Gasteiger partial charge on any atom is 0.123 e. The number of fused-ring (bicyclic) bond motifs is 2. The Hall–Kier alpha value is -0.890. The first kappa shape index (κ1) is 10.3. The van der Waals surface area contributed by atoms with Gasteiger partial charge in [-0.3, -0.25) is 0 Å². The van der Waals surface area contributed by atoms with E-state index in [4.69, 9.17) is 5.73 Å². The molecule has 2 N–H and O–H groups in total. The van der Waals surface area contributed by atoms with Gasteiger partial charge in [0.25, 0.3) is 0 Å². The zero-order valence-corrected chi connectivity index (χ0v) is 9.72. The number of aryl methyl sites for hydroxylation is 1. The molecule has 0 bridgehead atoms. The first-order chi connectivity index (χ1) is 7.62. The molecule has 1 fully saturated rings. The van der Waals surface area contributed by atoms with Gasteiger partial charge >= 0.3 is 0 Å². The van der Waals surface area contributed by atoms with E-state index in [-0.39, 0.29) is 17.3 Å². The molecule has 0 heterocycles. The van der Waals surface area contributed by atoms with E-state index in [0.717, 1.165) is 18.4 Å². The van der Waals surface area contributed by atoms with Gasteiger partial charge in [-0.15, -0.1) is 0 Å². The molecule has 2 heteroatoms. The molecular weight excluding hydrogens is 201 g/mol. The molecule has 3 rings (SSSR count). The SMILES string of the molecule is Cc1cc(F)cc2c1C(N)CCC21CCC1. The molecule has 1 spiro atoms. The monoisotopic (exact) mass is 219 g/mol. The summed E-state index contributed by atoms with van der Waals surface area (Å²) in [7, 11) is 0. The topological polar surface area (TPSA) is 26.0 Å². The summed E-state index contributed by atoms with van der Waals surface area (Å²) in [6, 6.07) is 3.47. The van der Waals surface area contributed by atoms with E-state index in [2.05, 4.69) is 0 Å². The quantitative estimate of drug-likeness (QED) is 0.711. The van der Waals surface area contributed by atoms with E-state index < -0.39 is 0 Å². The molecule has 1 nitrogen and oxygen atoms in total. The van der Waals surface area contributed by atoms with Crippen LogP contribution in [-0.4, -0.2) is 0 Å². The molecule has 2 aliphatic carbocycles. The van der Waals surface area contributed by atoms with Crippen LogP contribution in [0.5, 0.6) is 0 Å². The van der Waals surface area contributed by atoms with Crippen molar-refractivity contribution in [2.24, 2.45) is 5.73 Å². The zero-order valence-electron chi connectivity index (χ0n) is 9.72. The number of benzene rings is 1. The normalized spacial score (nSPS) is 26.3. The van der Waals surface area contributed by atoms with Crippen molar-refractivity contribution in [3.05, 3.63) is 34.6 Å². The van der Waals surface area contributed by atoms with Crippen molar-refractivity contribution >= 4 is 0 Å². The number of nitrogens with two attached hydrogens (primary N) is 1. The summed E-state index contributed by atoms with van der Waals surface area (Å²) in [4.78, 5) is 0. The second kappa shape index (κ2) is 3.30. The van der Waals surface area contributed by atoms with Crippen molar-refractivity contribution in [3.63, 3.8) is 0 Å². The van der Waals surface area contributed by atoms with Crippen molar-refractivity contribution in [3.8, 4) is 0 Å². The molecule has 2 aliphatic rings. The van der Waals surface area contributed by atoms with Crippen LogP contribution in [0.4, 0.5) is 4.39 Å². The minimum atomic E-state index is -0.100. The van der Waals surface area contributed by atoms with Gasteiger partial charge < -0.3 is 5.73 Å². The van der Waals surface area contributed by atoms with Crippen LogP contribution in [0.3, 0.4) is 0 Å². The van der Waals surface area contributed by atoms with E-state index in [9.17, 15) is 4.39 Å². The van der Waals surface area contributed by atoms with Gasteiger partial charge in [0.05, 0.1) is 0 Å². The van der Waals surface area contributed by atoms with Gasteiger partial charge in [-0.05, 0) is 66.8 Å². The number of halogens is 1. The first-order valence-electron chi connectivity index (χ1n) is 6.18. The van der Waals surface area contributed by atoms with Crippen LogP contribution >= 0.6 is 0 Å². The molecular formula is C14H18FN. The highest BCUT2D eigenvalue weighted by Gasteiger charge is 2.44. The molecule has 1 unspecified atom stereocenters. The fourth-order valence-corrected chi connectivity index (χ4v) is 3.52. The molecule has 1 atom stereocenters. The summed E-state index contributed by atoms with van der Waals surface area (Å²) >= 11 is 0. The minimum absolute atomic E-state index is 0.100. The lowest BCUT2D eigenvalue weighted by Crippen LogP contribution is -2.40. The Morgan fingerprint density at radius 2 is 2.06 bits per heavy atom. The average Bonchev–Trinajstić information content (AvgIpc) is 2.14. The standard InChI is InChI=1S/C14H18FN/c1-9-7-10(15)8-11-13(9)12(16)3-6-14(11)4-2-5-14/h7-8,12H,2-6,16H2,1H3. The van der Waals surface area contributed by atoms with Crippen LogP contribution < -0.4 is 5.73 Å². The molecule has 1 aromatic rings. The van der Waals surface area contributed by atoms with Crippen LogP contribution in [0.25, 0.3) is 0 Å². The largest absolute Gasteiger partial charge is 0.324 e. The predicted molar refractivity (Wildman–Crippen MR) is 62.8 cm³/mol. The smallest absolute Gasteiger partial charge is 0.123 e. The van der Waals surface area contributed by atoms with Crippen molar-refractivity contribution in [2.75, 3.05) is 0 Å². The highest BCUT2D eigenvalue weighted by Crippen LogP contribution is 2.53. The summed E-state index contributed by atoms with van der Waals surface area (Å²) in [6.45, 7) is 1.99. The summed E-state index contributed by atoms with van der Waals surface area (Å²) in [5, 5.41) is 0. The Balaban J connectivity index is 2.20. The third kappa shape index (κ3) is 1.26. The summed E-state index contributed by atoms with van der Waals surface area (Å²) in [5.74, 6) is -0.100. The molecule has 1 saturated carbocycles. The Labute approximate surface area is 95.8 Å². The predicted octanol–water partition coefficient (Wildman–Crippen LogP) is 3.35. The fourth-order valence-electron chi connectivity index (χ4n) is 3.52. The number of hydrogen-bond donors (Lipinski definition) is 1. The van der Waals surface area contributed by atoms with E-state index in [1.54, 1.807) is 12.1 Å². The van der Waals surface area contributed by atoms with E-state index in [0.29, 0.717) is 0 Å². The Morgan fingerprint density at radius 3 is 2.69 bits per heavy atom. The highest BCUT2D eigenvalue weighted by molar-refractivity contribution is 5.45. The third-order valence-corrected chi connectivity index (χ3v) is 4.54. The lowest BCUT2D eigenvalue weighted by molar-refractivity contribution is 0.198. The number of hydrogen-bond acceptors (Lipinski definition) is 1. The maximum atomic E-state index is 13.5. The van der Waals surface area contributed by atoms with Gasteiger partial charge in [-0.25, -0.2) is 4.39 Å². The molecule has 0 radical (unpaired) electrons. The van der Waals surface area contributed by atoms with Crippen LogP contribution in [0, 0.1) is 12.7 Å². The Kier molecular flexibility index (Phi) is 2.12. The fraction of sp³-hybridized carbons (Fsp3) is 0.571. The van der Waals surface area contributed by atoms with Gasteiger partial charge in [0.2, 0.25) is 0 Å². The molecule has 0 amide bonds. The van der Waals surface area contributed by atoms with Crippen molar-refractivity contribution in [1.29, 1.82) is 0 Å². The van der Waals surface area contributed by atoms with Crippen LogP contribution in [0.1, 0.15) is 54.8 Å². The lowest BCUT2D eigenvalue weighted by Gasteiger charge is -2.48. The summed E-state index contributed by atoms with van der Waals surface area (Å²) in [6.07, 6.45) is 5.92. The lowest BCUT2D eigenvalue weighted by atomic mass is 9.57. The van der Waals surface area contributed by atoms with Crippen molar-refractivity contribution in [1.82, 2.24) is 0 Å². The van der Waals surface area contributed by atoms with Gasteiger partial charge in [-0.2, -0.15) is 0 Å². The van der Waals surface area contributed by atoms with E-state index in [1.165, 1.54) is 30.4 Å². The van der Waals surface area contributed by atoms with Gasteiger partial charge in [0, 0.05) is 6.04 Å². The van der Waals surface area contributed by atoms with Crippen LogP contribution in [0.2, 0.25) is 0 Å².